The molecular formula is C18H27FN2O15P2S2. The number of nitrogens with one attached hydrogen (secondary N) is 1. The van der Waals surface area contributed by atoms with Gasteiger partial charge in [-0.15, -0.1) is 18.3 Å². The summed E-state index contributed by atoms with van der Waals surface area (Å²) in [4.78, 5) is 45.9. The molecule has 0 aromatic carbocycles. The normalized spacial score (nSPS) is 38.3. The fourth-order valence-corrected chi connectivity index (χ4v) is 8.69. The summed E-state index contributed by atoms with van der Waals surface area (Å²) in [5.74, 6) is 0. The van der Waals surface area contributed by atoms with E-state index in [1.807, 2.05) is 4.98 Å². The van der Waals surface area contributed by atoms with Crippen LogP contribution in [0.1, 0.15) is 5.37 Å². The van der Waals surface area contributed by atoms with Crippen LogP contribution in [0.15, 0.2) is 34.5 Å². The molecule has 22 heteroatoms. The highest BCUT2D eigenvalue weighted by Gasteiger charge is 2.55. The molecule has 3 heterocycles. The lowest BCUT2D eigenvalue weighted by Crippen LogP contribution is -2.60. The first kappa shape index (κ1) is 33.6. The van der Waals surface area contributed by atoms with Crippen LogP contribution < -0.4 is 11.2 Å². The number of aliphatic hydroxyl groups excluding tert-OH is 5. The van der Waals surface area contributed by atoms with Gasteiger partial charge in [0.25, 0.3) is 5.56 Å². The molecule has 2 fully saturated rings. The van der Waals surface area contributed by atoms with E-state index in [0.29, 0.717) is 0 Å². The third-order valence-corrected chi connectivity index (χ3v) is 11.1. The van der Waals surface area contributed by atoms with Gasteiger partial charge < -0.3 is 49.7 Å². The Morgan fingerprint density at radius 3 is 2.50 bits per heavy atom. The maximum Gasteiger partial charge on any atom is 0.481 e. The molecule has 0 amide bonds. The Labute approximate surface area is 233 Å². The summed E-state index contributed by atoms with van der Waals surface area (Å²) in [6.45, 7) is -3.20. The Morgan fingerprint density at radius 1 is 1.27 bits per heavy atom. The SMILES string of the molecule is C=C[C@@]1(O)[C@H](O)[C@@H](COP(O)(=S)OP(=O)(O)OC2OC([C@@H](F)CO)C(O)C(O)C2O)S[C@H]1n1ccc(=O)[nH]c1=O. The van der Waals surface area contributed by atoms with E-state index in [1.54, 1.807) is 0 Å². The summed E-state index contributed by atoms with van der Waals surface area (Å²) < 4.78 is 46.2. The number of phosphoric ester groups is 1. The Bertz CT molecular complexity index is 1290. The van der Waals surface area contributed by atoms with E-state index >= 15 is 0 Å². The average Bonchev–Trinajstić information content (AvgIpc) is 3.12. The second-order valence-electron chi connectivity index (χ2n) is 8.64. The third-order valence-electron chi connectivity index (χ3n) is 5.94. The number of aliphatic hydroxyl groups is 6. The molecule has 12 atom stereocenters. The number of aromatic nitrogens is 2. The van der Waals surface area contributed by atoms with Crippen molar-refractivity contribution >= 4 is 38.1 Å². The van der Waals surface area contributed by atoms with Crippen LogP contribution in [0, 0.1) is 0 Å². The quantitative estimate of drug-likeness (QED) is 0.0845. The minimum Gasteiger partial charge on any atom is -0.393 e. The van der Waals surface area contributed by atoms with Crippen LogP contribution >= 0.6 is 26.3 Å². The van der Waals surface area contributed by atoms with Crippen LogP contribution in [0.4, 0.5) is 4.39 Å². The maximum absolute atomic E-state index is 13.9. The van der Waals surface area contributed by atoms with Gasteiger partial charge in [0.15, 0.2) is 12.5 Å². The molecule has 1 aromatic rings. The number of hydrogen-bond acceptors (Lipinski definition) is 15. The van der Waals surface area contributed by atoms with Crippen molar-refractivity contribution in [3.8, 4) is 0 Å². The van der Waals surface area contributed by atoms with Crippen molar-refractivity contribution in [3.05, 3.63) is 45.8 Å². The van der Waals surface area contributed by atoms with Gasteiger partial charge in [0.05, 0.1) is 18.5 Å². The zero-order valence-electron chi connectivity index (χ0n) is 20.0. The fourth-order valence-electron chi connectivity index (χ4n) is 3.88. The molecular weight excluding hydrogens is 629 g/mol. The molecule has 3 rings (SSSR count). The van der Waals surface area contributed by atoms with Gasteiger partial charge in [-0.3, -0.25) is 18.9 Å². The first-order valence-corrected chi connectivity index (χ1v) is 16.1. The number of phosphoric acid groups is 1. The maximum atomic E-state index is 13.9. The van der Waals surface area contributed by atoms with Crippen molar-refractivity contribution in [2.24, 2.45) is 0 Å². The average molecular weight is 656 g/mol. The first-order valence-electron chi connectivity index (χ1n) is 11.1. The van der Waals surface area contributed by atoms with Crippen molar-refractivity contribution in [1.82, 2.24) is 9.55 Å². The minimum absolute atomic E-state index is 0.717. The van der Waals surface area contributed by atoms with Gasteiger partial charge in [0, 0.05) is 12.3 Å². The zero-order valence-corrected chi connectivity index (χ0v) is 23.4. The summed E-state index contributed by atoms with van der Waals surface area (Å²) in [6.07, 6.45) is -12.7. The summed E-state index contributed by atoms with van der Waals surface area (Å²) in [6, 6.07) is 0.994. The number of halogens is 1. The van der Waals surface area contributed by atoms with Crippen molar-refractivity contribution in [2.75, 3.05) is 13.2 Å². The Kier molecular flexibility index (Phi) is 10.7. The van der Waals surface area contributed by atoms with Gasteiger partial charge >= 0.3 is 20.2 Å². The summed E-state index contributed by atoms with van der Waals surface area (Å²) >= 11 is 5.43. The topological polar surface area (TPSA) is 271 Å². The van der Waals surface area contributed by atoms with E-state index in [2.05, 4.69) is 27.2 Å². The molecule has 2 saturated heterocycles. The van der Waals surface area contributed by atoms with E-state index in [-0.39, 0.29) is 0 Å². The molecule has 0 aliphatic carbocycles. The second-order valence-corrected chi connectivity index (χ2v) is 14.3. The molecule has 9 N–H and O–H groups in total. The highest BCUT2D eigenvalue weighted by molar-refractivity contribution is 8.08. The van der Waals surface area contributed by atoms with Crippen molar-refractivity contribution < 1.29 is 67.5 Å². The molecule has 2 aliphatic heterocycles. The van der Waals surface area contributed by atoms with E-state index in [9.17, 15) is 53.9 Å². The van der Waals surface area contributed by atoms with E-state index < -0.39 is 98.2 Å². The zero-order chi connectivity index (χ0) is 30.2. The van der Waals surface area contributed by atoms with Crippen molar-refractivity contribution in [2.45, 2.75) is 59.2 Å². The highest BCUT2D eigenvalue weighted by Crippen LogP contribution is 2.62. The summed E-state index contributed by atoms with van der Waals surface area (Å²) in [5.41, 5.74) is -3.79. The number of nitrogens with zero attached hydrogens (tertiary/aromatic N) is 1. The van der Waals surface area contributed by atoms with Crippen LogP contribution in [0.3, 0.4) is 0 Å². The molecule has 228 valence electrons. The van der Waals surface area contributed by atoms with Gasteiger partial charge in [-0.05, 0) is 11.8 Å². The fraction of sp³-hybridized carbons (Fsp3) is 0.667. The lowest BCUT2D eigenvalue weighted by molar-refractivity contribution is -0.287. The smallest absolute Gasteiger partial charge is 0.393 e. The number of rotatable bonds is 11. The van der Waals surface area contributed by atoms with E-state index in [0.717, 1.165) is 34.7 Å². The van der Waals surface area contributed by atoms with Gasteiger partial charge in [0.2, 0.25) is 0 Å². The Hall–Kier alpha value is -0.900. The van der Waals surface area contributed by atoms with Gasteiger partial charge in [-0.2, -0.15) is 0 Å². The molecule has 7 unspecified atom stereocenters. The number of thioether (sulfide) groups is 1. The molecule has 17 nitrogen and oxygen atoms in total. The standard InChI is InChI=1S/C18H27FN2O15P2S2/c1-2-18(29)14(27)8(40-16(18)21-4-3-9(23)20-17(21)28)6-33-38(32,39)36-37(30,31)35-15-12(26)10(24)11(25)13(34-15)7(19)5-22/h2-4,7-8,10-16,22,24-27,29H,1,5-6H2,(H,30,31)(H,32,39)(H,20,23,28)/t7-,8+,10?,11?,12?,13?,14+,15?,16+,18+,38?/m0/s1. The molecule has 0 bridgehead atoms. The number of aromatic amines is 1. The highest BCUT2D eigenvalue weighted by atomic mass is 32.5. The lowest BCUT2D eigenvalue weighted by Gasteiger charge is -2.41. The minimum atomic E-state index is -5.52. The molecule has 1 aromatic heterocycles. The number of hydrogen-bond donors (Lipinski definition) is 9. The summed E-state index contributed by atoms with van der Waals surface area (Å²) in [5, 5.41) is 57.9. The number of alkyl halides is 1. The molecule has 0 saturated carbocycles. The lowest BCUT2D eigenvalue weighted by atomic mass is 9.94. The number of H-pyrrole nitrogens is 1. The van der Waals surface area contributed by atoms with Gasteiger partial charge in [-0.1, -0.05) is 6.08 Å². The first-order chi connectivity index (χ1) is 18.5. The predicted molar refractivity (Wildman–Crippen MR) is 136 cm³/mol. The summed E-state index contributed by atoms with van der Waals surface area (Å²) in [7, 11) is -5.52. The van der Waals surface area contributed by atoms with Gasteiger partial charge in [-0.25, -0.2) is 18.1 Å². The predicted octanol–water partition coefficient (Wildman–Crippen LogP) is -3.07. The van der Waals surface area contributed by atoms with Crippen LogP contribution in [0.2, 0.25) is 0 Å². The van der Waals surface area contributed by atoms with Crippen molar-refractivity contribution in [3.63, 3.8) is 0 Å². The van der Waals surface area contributed by atoms with Crippen LogP contribution in [-0.2, 0) is 34.5 Å². The monoisotopic (exact) mass is 656 g/mol. The molecule has 2 aliphatic rings. The second kappa shape index (κ2) is 12.8. The van der Waals surface area contributed by atoms with Crippen molar-refractivity contribution in [1.29, 1.82) is 0 Å². The Balaban J connectivity index is 1.69. The molecule has 0 radical (unpaired) electrons. The number of ether oxygens (including phenoxy) is 1. The van der Waals surface area contributed by atoms with E-state index in [4.69, 9.17) is 14.4 Å². The largest absolute Gasteiger partial charge is 0.481 e. The van der Waals surface area contributed by atoms with Crippen LogP contribution in [0.5, 0.6) is 0 Å². The Morgan fingerprint density at radius 2 is 1.93 bits per heavy atom. The molecule has 40 heavy (non-hydrogen) atoms. The van der Waals surface area contributed by atoms with Crippen LogP contribution in [-0.4, -0.2) is 117 Å². The molecule has 0 spiro atoms. The third kappa shape index (κ3) is 7.17. The van der Waals surface area contributed by atoms with E-state index in [1.165, 1.54) is 0 Å². The van der Waals surface area contributed by atoms with Crippen LogP contribution in [0.25, 0.3) is 0 Å². The van der Waals surface area contributed by atoms with Gasteiger partial charge in [0.1, 0.15) is 41.5 Å².